The largest absolute Gasteiger partial charge is 0.502 e. The Morgan fingerprint density at radius 3 is 2.38 bits per heavy atom. The fraction of sp³-hybridized carbons (Fsp3) is 0.312. The van der Waals surface area contributed by atoms with Gasteiger partial charge in [-0.05, 0) is 12.1 Å². The van der Waals surface area contributed by atoms with Gasteiger partial charge in [-0.25, -0.2) is 8.42 Å². The monoisotopic (exact) mass is 350 g/mol. The molecule has 1 aromatic heterocycles. The van der Waals surface area contributed by atoms with Crippen LogP contribution >= 0.6 is 0 Å². The maximum absolute atomic E-state index is 12.6. The molecule has 2 heterocycles. The van der Waals surface area contributed by atoms with E-state index in [0.717, 1.165) is 6.26 Å². The fourth-order valence-electron chi connectivity index (χ4n) is 2.62. The van der Waals surface area contributed by atoms with Gasteiger partial charge in [0, 0.05) is 32.2 Å². The zero-order valence-electron chi connectivity index (χ0n) is 13.0. The van der Waals surface area contributed by atoms with Gasteiger partial charge >= 0.3 is 0 Å². The summed E-state index contributed by atoms with van der Waals surface area (Å²) in [6.07, 6.45) is 1.02. The summed E-state index contributed by atoms with van der Waals surface area (Å²) in [5.74, 6) is 0.0229. The first-order valence-corrected chi connectivity index (χ1v) is 8.99. The molecule has 7 nitrogen and oxygen atoms in total. The van der Waals surface area contributed by atoms with Crippen molar-refractivity contribution in [3.8, 4) is 5.75 Å². The van der Waals surface area contributed by atoms with Gasteiger partial charge in [-0.3, -0.25) is 9.69 Å². The van der Waals surface area contributed by atoms with Gasteiger partial charge in [0.15, 0.2) is 5.75 Å². The SMILES string of the molecule is O=c1cc(CN2CCN(S(=O)(=O)c3ccccc3)CC2)occ1O. The highest BCUT2D eigenvalue weighted by Gasteiger charge is 2.28. The first-order valence-electron chi connectivity index (χ1n) is 7.55. The molecule has 3 rings (SSSR count). The molecule has 1 aliphatic rings. The Bertz CT molecular complexity index is 856. The third-order valence-electron chi connectivity index (χ3n) is 3.96. The van der Waals surface area contributed by atoms with Crippen molar-refractivity contribution in [3.05, 3.63) is 58.6 Å². The highest BCUT2D eigenvalue weighted by atomic mass is 32.2. The lowest BCUT2D eigenvalue weighted by molar-refractivity contribution is 0.169. The summed E-state index contributed by atoms with van der Waals surface area (Å²) in [7, 11) is -3.47. The topological polar surface area (TPSA) is 91.1 Å². The van der Waals surface area contributed by atoms with Gasteiger partial charge in [-0.2, -0.15) is 4.31 Å². The number of aromatic hydroxyl groups is 1. The Morgan fingerprint density at radius 1 is 1.08 bits per heavy atom. The molecule has 1 aliphatic heterocycles. The Balaban J connectivity index is 1.63. The quantitative estimate of drug-likeness (QED) is 0.879. The van der Waals surface area contributed by atoms with Crippen molar-refractivity contribution in [1.82, 2.24) is 9.21 Å². The van der Waals surface area contributed by atoms with Crippen LogP contribution in [0.5, 0.6) is 5.75 Å². The van der Waals surface area contributed by atoms with Crippen LogP contribution in [0.4, 0.5) is 0 Å². The third kappa shape index (κ3) is 3.50. The second-order valence-corrected chi connectivity index (χ2v) is 7.53. The van der Waals surface area contributed by atoms with Crippen molar-refractivity contribution < 1.29 is 17.9 Å². The van der Waals surface area contributed by atoms with Crippen LogP contribution in [0.2, 0.25) is 0 Å². The lowest BCUT2D eigenvalue weighted by Gasteiger charge is -2.33. The van der Waals surface area contributed by atoms with Gasteiger partial charge in [0.1, 0.15) is 12.0 Å². The van der Waals surface area contributed by atoms with Crippen LogP contribution in [0, 0.1) is 0 Å². The molecule has 0 amide bonds. The summed E-state index contributed by atoms with van der Waals surface area (Å²) in [5, 5.41) is 9.19. The highest BCUT2D eigenvalue weighted by Crippen LogP contribution is 2.18. The minimum absolute atomic E-state index is 0.294. The highest BCUT2D eigenvalue weighted by molar-refractivity contribution is 7.89. The van der Waals surface area contributed by atoms with E-state index in [1.165, 1.54) is 10.4 Å². The van der Waals surface area contributed by atoms with E-state index in [1.807, 2.05) is 4.90 Å². The lowest BCUT2D eigenvalue weighted by atomic mass is 10.3. The number of benzene rings is 1. The van der Waals surface area contributed by atoms with Gasteiger partial charge in [-0.15, -0.1) is 0 Å². The standard InChI is InChI=1S/C16H18N2O5S/c19-15-10-13(23-12-16(15)20)11-17-6-8-18(9-7-17)24(21,22)14-4-2-1-3-5-14/h1-5,10,12,20H,6-9,11H2. The summed E-state index contributed by atoms with van der Waals surface area (Å²) in [6, 6.07) is 9.62. The van der Waals surface area contributed by atoms with E-state index in [0.29, 0.717) is 43.4 Å². The first kappa shape index (κ1) is 16.7. The molecule has 0 radical (unpaired) electrons. The van der Waals surface area contributed by atoms with E-state index < -0.39 is 21.2 Å². The van der Waals surface area contributed by atoms with Crippen LogP contribution in [0.15, 0.2) is 56.8 Å². The third-order valence-corrected chi connectivity index (χ3v) is 5.87. The zero-order valence-corrected chi connectivity index (χ0v) is 13.8. The van der Waals surface area contributed by atoms with E-state index in [4.69, 9.17) is 4.42 Å². The summed E-state index contributed by atoms with van der Waals surface area (Å²) in [5.41, 5.74) is -0.485. The second-order valence-electron chi connectivity index (χ2n) is 5.59. The van der Waals surface area contributed by atoms with Gasteiger partial charge in [0.25, 0.3) is 0 Å². The molecule has 1 fully saturated rings. The van der Waals surface area contributed by atoms with Crippen molar-refractivity contribution in [1.29, 1.82) is 0 Å². The predicted octanol–water partition coefficient (Wildman–Crippen LogP) is 0.852. The van der Waals surface area contributed by atoms with E-state index in [-0.39, 0.29) is 0 Å². The average Bonchev–Trinajstić information content (AvgIpc) is 2.59. The number of nitrogens with zero attached hydrogens (tertiary/aromatic N) is 2. The average molecular weight is 350 g/mol. The number of hydrogen-bond donors (Lipinski definition) is 1. The Hall–Kier alpha value is -2.16. The lowest BCUT2D eigenvalue weighted by Crippen LogP contribution is -2.48. The van der Waals surface area contributed by atoms with Gasteiger partial charge in [0.05, 0.1) is 11.4 Å². The molecule has 0 bridgehead atoms. The van der Waals surface area contributed by atoms with Crippen molar-refractivity contribution in [2.24, 2.45) is 0 Å². The molecule has 1 N–H and O–H groups in total. The molecule has 24 heavy (non-hydrogen) atoms. The normalized spacial score (nSPS) is 17.0. The molecule has 1 saturated heterocycles. The number of piperazine rings is 1. The molecule has 1 aromatic carbocycles. The van der Waals surface area contributed by atoms with E-state index in [1.54, 1.807) is 30.3 Å². The van der Waals surface area contributed by atoms with E-state index in [9.17, 15) is 18.3 Å². The molecule has 128 valence electrons. The van der Waals surface area contributed by atoms with Crippen molar-refractivity contribution in [2.75, 3.05) is 26.2 Å². The van der Waals surface area contributed by atoms with Crippen LogP contribution < -0.4 is 5.43 Å². The Kier molecular flexibility index (Phi) is 4.70. The minimum atomic E-state index is -3.47. The summed E-state index contributed by atoms with van der Waals surface area (Å²) >= 11 is 0. The first-order chi connectivity index (χ1) is 11.5. The van der Waals surface area contributed by atoms with Crippen LogP contribution in [0.1, 0.15) is 5.76 Å². The van der Waals surface area contributed by atoms with Crippen LogP contribution in [0.25, 0.3) is 0 Å². The smallest absolute Gasteiger partial charge is 0.243 e. The van der Waals surface area contributed by atoms with E-state index >= 15 is 0 Å². The van der Waals surface area contributed by atoms with Crippen LogP contribution in [0.3, 0.4) is 0 Å². The van der Waals surface area contributed by atoms with Crippen molar-refractivity contribution in [3.63, 3.8) is 0 Å². The number of rotatable bonds is 4. The van der Waals surface area contributed by atoms with Gasteiger partial charge in [-0.1, -0.05) is 18.2 Å². The molecule has 0 aliphatic carbocycles. The molecule has 0 unspecified atom stereocenters. The Labute approximate surface area is 139 Å². The van der Waals surface area contributed by atoms with Crippen molar-refractivity contribution in [2.45, 2.75) is 11.4 Å². The number of sulfonamides is 1. The van der Waals surface area contributed by atoms with Gasteiger partial charge in [0.2, 0.25) is 15.5 Å². The zero-order chi connectivity index (χ0) is 17.2. The maximum atomic E-state index is 12.6. The summed E-state index contributed by atoms with van der Waals surface area (Å²) in [4.78, 5) is 13.7. The molecule has 8 heteroatoms. The van der Waals surface area contributed by atoms with Gasteiger partial charge < -0.3 is 9.52 Å². The minimum Gasteiger partial charge on any atom is -0.502 e. The molecule has 0 atom stereocenters. The maximum Gasteiger partial charge on any atom is 0.243 e. The number of hydrogen-bond acceptors (Lipinski definition) is 6. The molecule has 0 saturated carbocycles. The van der Waals surface area contributed by atoms with Crippen LogP contribution in [-0.4, -0.2) is 48.9 Å². The second kappa shape index (κ2) is 6.76. The molecule has 0 spiro atoms. The summed E-state index contributed by atoms with van der Waals surface area (Å²) < 4.78 is 31.8. The van der Waals surface area contributed by atoms with Crippen molar-refractivity contribution >= 4 is 10.0 Å². The molecular formula is C16H18N2O5S. The molecular weight excluding hydrogens is 332 g/mol. The predicted molar refractivity (Wildman–Crippen MR) is 87.1 cm³/mol. The van der Waals surface area contributed by atoms with Crippen LogP contribution in [-0.2, 0) is 16.6 Å². The summed E-state index contributed by atoms with van der Waals surface area (Å²) in [6.45, 7) is 2.22. The Morgan fingerprint density at radius 2 is 1.75 bits per heavy atom. The molecule has 2 aromatic rings. The van der Waals surface area contributed by atoms with E-state index in [2.05, 4.69) is 0 Å². The fourth-order valence-corrected chi connectivity index (χ4v) is 4.06.